The van der Waals surface area contributed by atoms with Crippen LogP contribution in [0.2, 0.25) is 5.02 Å². The van der Waals surface area contributed by atoms with E-state index in [0.717, 1.165) is 25.6 Å². The second-order valence-electron chi connectivity index (χ2n) is 14.9. The molecule has 0 saturated carbocycles. The van der Waals surface area contributed by atoms with E-state index in [1.54, 1.807) is 18.2 Å². The number of phosphoric ester groups is 1. The monoisotopic (exact) mass is 846 g/mol. The van der Waals surface area contributed by atoms with Crippen LogP contribution in [0.4, 0.5) is 5.82 Å². The lowest BCUT2D eigenvalue weighted by atomic mass is 9.92. The van der Waals surface area contributed by atoms with Crippen LogP contribution in [-0.4, -0.2) is 80.5 Å². The van der Waals surface area contributed by atoms with Crippen molar-refractivity contribution >= 4 is 30.8 Å². The Morgan fingerprint density at radius 2 is 1.59 bits per heavy atom. The maximum atomic E-state index is 13.0. The number of nitrogens with two attached hydrogens (primary N) is 1. The van der Waals surface area contributed by atoms with E-state index in [4.69, 9.17) is 40.6 Å². The molecule has 0 radical (unpaired) electrons. The molecule has 3 aromatic rings. The molecule has 2 aromatic heterocycles. The number of hydrogen-bond donors (Lipinski definition) is 4. The second-order valence-corrected chi connectivity index (χ2v) is 16.8. The molecule has 0 amide bonds. The SMILES string of the molecule is CCCCCCCCCCCCCCCCCCOC[C@H](COP(=O)(O)OC[C@H]1O[C@@](C#N)(c2ccc3c(N)ncnn23)[C@H](O)[C@@H]1O)OCc1ccc(C#N)c(Cl)c1. The van der Waals surface area contributed by atoms with Gasteiger partial charge < -0.3 is 35.1 Å². The summed E-state index contributed by atoms with van der Waals surface area (Å²) in [7, 11) is -4.78. The molecule has 4 rings (SSSR count). The number of aromatic nitrogens is 3. The fraction of sp³-hybridized carbons (Fsp3) is 0.659. The number of fused-ring (bicyclic) bond motifs is 1. The van der Waals surface area contributed by atoms with Gasteiger partial charge in [0.1, 0.15) is 48.4 Å². The van der Waals surface area contributed by atoms with Crippen LogP contribution in [0.1, 0.15) is 126 Å². The van der Waals surface area contributed by atoms with Gasteiger partial charge in [0.15, 0.2) is 5.82 Å². The van der Waals surface area contributed by atoms with Crippen molar-refractivity contribution in [1.29, 1.82) is 10.5 Å². The molecule has 5 N–H and O–H groups in total. The topological polar surface area (TPSA) is 228 Å². The molecule has 1 aliphatic heterocycles. The Hall–Kier alpha value is -3.18. The number of nitriles is 2. The van der Waals surface area contributed by atoms with Crippen molar-refractivity contribution in [1.82, 2.24) is 14.6 Å². The van der Waals surface area contributed by atoms with Crippen molar-refractivity contribution in [3.8, 4) is 12.1 Å². The van der Waals surface area contributed by atoms with Gasteiger partial charge in [-0.05, 0) is 36.2 Å². The van der Waals surface area contributed by atoms with Crippen LogP contribution in [0.15, 0.2) is 36.7 Å². The third-order valence-electron chi connectivity index (χ3n) is 10.4. The predicted octanol–water partition coefficient (Wildman–Crippen LogP) is 7.67. The predicted molar refractivity (Wildman–Crippen MR) is 218 cm³/mol. The average molecular weight is 847 g/mol. The van der Waals surface area contributed by atoms with Crippen LogP contribution >= 0.6 is 19.4 Å². The summed E-state index contributed by atoms with van der Waals surface area (Å²) in [5.74, 6) is 0.120. The third kappa shape index (κ3) is 14.2. The lowest BCUT2D eigenvalue weighted by Gasteiger charge is -2.24. The third-order valence-corrected chi connectivity index (χ3v) is 11.7. The average Bonchev–Trinajstić information content (AvgIpc) is 3.76. The molecule has 320 valence electrons. The van der Waals surface area contributed by atoms with Crippen LogP contribution in [-0.2, 0) is 40.0 Å². The number of phosphoric acid groups is 1. The maximum absolute atomic E-state index is 13.0. The highest BCUT2D eigenvalue weighted by atomic mass is 35.5. The van der Waals surface area contributed by atoms with Crippen LogP contribution < -0.4 is 5.73 Å². The number of nitrogens with zero attached hydrogens (tertiary/aromatic N) is 5. The van der Waals surface area contributed by atoms with Gasteiger partial charge >= 0.3 is 7.82 Å². The Labute approximate surface area is 347 Å². The Balaban J connectivity index is 1.20. The van der Waals surface area contributed by atoms with E-state index in [-0.39, 0.29) is 29.7 Å². The highest BCUT2D eigenvalue weighted by Gasteiger charge is 2.58. The fourth-order valence-corrected chi connectivity index (χ4v) is 8.01. The number of rotatable bonds is 29. The molecule has 17 heteroatoms. The lowest BCUT2D eigenvalue weighted by molar-refractivity contribution is -0.0690. The molecule has 0 spiro atoms. The van der Waals surface area contributed by atoms with E-state index < -0.39 is 51.1 Å². The smallest absolute Gasteiger partial charge is 0.387 e. The van der Waals surface area contributed by atoms with E-state index in [9.17, 15) is 30.2 Å². The van der Waals surface area contributed by atoms with Crippen molar-refractivity contribution in [2.45, 2.75) is 146 Å². The summed E-state index contributed by atoms with van der Waals surface area (Å²) in [5, 5.41) is 45.5. The summed E-state index contributed by atoms with van der Waals surface area (Å²) in [5.41, 5.74) is 5.21. The summed E-state index contributed by atoms with van der Waals surface area (Å²) >= 11 is 6.19. The van der Waals surface area contributed by atoms with Gasteiger partial charge in [-0.2, -0.15) is 15.6 Å². The Kier molecular flexibility index (Phi) is 20.3. The number of aliphatic hydroxyl groups is 2. The van der Waals surface area contributed by atoms with Gasteiger partial charge in [0.2, 0.25) is 5.60 Å². The normalized spacial score (nSPS) is 20.8. The molecule has 1 aliphatic rings. The summed E-state index contributed by atoms with van der Waals surface area (Å²) in [6.45, 7) is 1.74. The fourth-order valence-electron chi connectivity index (χ4n) is 7.00. The first-order valence-electron chi connectivity index (χ1n) is 20.6. The molecule has 3 heterocycles. The number of aliphatic hydroxyl groups excluding tert-OH is 2. The van der Waals surface area contributed by atoms with Crippen molar-refractivity contribution in [3.63, 3.8) is 0 Å². The zero-order valence-electron chi connectivity index (χ0n) is 33.6. The first-order valence-corrected chi connectivity index (χ1v) is 22.5. The first-order chi connectivity index (χ1) is 28.0. The van der Waals surface area contributed by atoms with E-state index in [0.29, 0.717) is 23.3 Å². The first kappa shape index (κ1) is 47.5. The van der Waals surface area contributed by atoms with E-state index in [1.807, 2.05) is 12.1 Å². The Morgan fingerprint density at radius 3 is 2.19 bits per heavy atom. The molecule has 1 fully saturated rings. The Morgan fingerprint density at radius 1 is 0.948 bits per heavy atom. The minimum Gasteiger partial charge on any atom is -0.387 e. The van der Waals surface area contributed by atoms with E-state index >= 15 is 0 Å². The lowest BCUT2D eigenvalue weighted by Crippen LogP contribution is -2.41. The number of ether oxygens (including phenoxy) is 3. The van der Waals surface area contributed by atoms with Gasteiger partial charge in [-0.15, -0.1) is 0 Å². The molecule has 1 aromatic carbocycles. The number of unbranched alkanes of at least 4 members (excludes halogenated alkanes) is 15. The maximum Gasteiger partial charge on any atom is 0.472 e. The van der Waals surface area contributed by atoms with Gasteiger partial charge in [-0.1, -0.05) is 121 Å². The standard InChI is InChI=1S/C41H60ClN6O9P/c1-2-3-4-5-6-7-8-9-10-11-12-13-14-15-16-17-22-53-26-33(54-25-31-18-19-32(24-43)34(42)23-31)27-55-58(51,52)56-28-36-38(49)39(50)41(29-44,57-36)37-21-20-35-40(45)46-30-47-48(35)37/h18-21,23,30,33,36,38-39,49-50H,2-17,22,25-28H2,1H3,(H,51,52)(H2,45,46,47)/t33-,36-,38-,39-,41+/m1/s1. The minimum absolute atomic E-state index is 0.0552. The van der Waals surface area contributed by atoms with Crippen molar-refractivity contribution in [2.75, 3.05) is 32.2 Å². The largest absolute Gasteiger partial charge is 0.472 e. The zero-order chi connectivity index (χ0) is 41.8. The van der Waals surface area contributed by atoms with Crippen LogP contribution in [0.25, 0.3) is 5.52 Å². The molecule has 1 unspecified atom stereocenters. The molecule has 0 bridgehead atoms. The van der Waals surface area contributed by atoms with Gasteiger partial charge in [0.05, 0.1) is 42.7 Å². The minimum atomic E-state index is -4.78. The number of benzene rings is 1. The van der Waals surface area contributed by atoms with Gasteiger partial charge in [-0.25, -0.2) is 14.1 Å². The van der Waals surface area contributed by atoms with Crippen molar-refractivity contribution < 1.29 is 42.9 Å². The molecule has 0 aliphatic carbocycles. The molecular weight excluding hydrogens is 787 g/mol. The number of halogens is 1. The summed E-state index contributed by atoms with van der Waals surface area (Å²) in [6.07, 6.45) is 15.8. The summed E-state index contributed by atoms with van der Waals surface area (Å²) in [4.78, 5) is 14.5. The molecule has 6 atom stereocenters. The molecular formula is C41H60ClN6O9P. The molecule has 58 heavy (non-hydrogen) atoms. The van der Waals surface area contributed by atoms with Crippen LogP contribution in [0.3, 0.4) is 0 Å². The van der Waals surface area contributed by atoms with Crippen LogP contribution in [0.5, 0.6) is 0 Å². The number of hydrogen-bond acceptors (Lipinski definition) is 13. The molecule has 1 saturated heterocycles. The van der Waals surface area contributed by atoms with Gasteiger partial charge in [-0.3, -0.25) is 9.05 Å². The highest BCUT2D eigenvalue weighted by molar-refractivity contribution is 7.47. The van der Waals surface area contributed by atoms with Crippen LogP contribution in [0, 0.1) is 22.7 Å². The zero-order valence-corrected chi connectivity index (χ0v) is 35.2. The van der Waals surface area contributed by atoms with Crippen molar-refractivity contribution in [3.05, 3.63) is 58.5 Å². The van der Waals surface area contributed by atoms with Gasteiger partial charge in [0, 0.05) is 6.61 Å². The second kappa shape index (κ2) is 24.8. The van der Waals surface area contributed by atoms with Gasteiger partial charge in [0.25, 0.3) is 0 Å². The van der Waals surface area contributed by atoms with Crippen molar-refractivity contribution in [2.24, 2.45) is 0 Å². The Bertz CT molecular complexity index is 1820. The highest BCUT2D eigenvalue weighted by Crippen LogP contribution is 2.46. The summed E-state index contributed by atoms with van der Waals surface area (Å²) in [6, 6.07) is 11.8. The number of anilines is 1. The summed E-state index contributed by atoms with van der Waals surface area (Å²) < 4.78 is 42.5. The quantitative estimate of drug-likeness (QED) is 0.0388. The number of nitrogen functional groups attached to an aromatic ring is 1. The molecule has 15 nitrogen and oxygen atoms in total. The van der Waals surface area contributed by atoms with E-state index in [2.05, 4.69) is 17.0 Å². The van der Waals surface area contributed by atoms with E-state index in [1.165, 1.54) is 100 Å².